The Kier molecular flexibility index (Phi) is 17.6. The molecule has 0 radical (unpaired) electrons. The second-order valence-corrected chi connectivity index (χ2v) is 17.4. The Bertz CT molecular complexity index is 1980. The van der Waals surface area contributed by atoms with Crippen LogP contribution in [0.5, 0.6) is 11.5 Å². The Morgan fingerprint density at radius 2 is 1.82 bits per heavy atom. The molecular formula is C49H66N4O12. The molecule has 7 unspecified atom stereocenters. The fraction of sp³-hybridized carbons (Fsp3) is 0.592. The number of allylic oxidation sites excluding steroid dienone is 1. The largest absolute Gasteiger partial charge is 0.492 e. The van der Waals surface area contributed by atoms with Crippen LogP contribution in [0.1, 0.15) is 81.3 Å². The molecule has 354 valence electrons. The van der Waals surface area contributed by atoms with Crippen LogP contribution in [0.3, 0.4) is 0 Å². The van der Waals surface area contributed by atoms with Gasteiger partial charge in [0.2, 0.25) is 18.0 Å². The molecule has 16 heteroatoms. The van der Waals surface area contributed by atoms with E-state index in [1.807, 2.05) is 12.1 Å². The Balaban J connectivity index is 1.39. The van der Waals surface area contributed by atoms with E-state index in [1.165, 1.54) is 18.2 Å². The molecule has 2 aliphatic carbocycles. The van der Waals surface area contributed by atoms with Gasteiger partial charge in [0.15, 0.2) is 0 Å². The normalized spacial score (nSPS) is 26.4. The summed E-state index contributed by atoms with van der Waals surface area (Å²) in [7, 11) is 0. The second kappa shape index (κ2) is 23.7. The third kappa shape index (κ3) is 12.0. The van der Waals surface area contributed by atoms with Crippen LogP contribution in [0.2, 0.25) is 0 Å². The number of benzene rings is 2. The van der Waals surface area contributed by atoms with Crippen molar-refractivity contribution >= 4 is 23.4 Å². The monoisotopic (exact) mass is 902 g/mol. The zero-order valence-electron chi connectivity index (χ0n) is 37.4. The number of carbonyl (C=O) groups is 1. The van der Waals surface area contributed by atoms with Crippen molar-refractivity contribution in [2.45, 2.75) is 88.2 Å². The number of carbonyl (C=O) groups excluding carboxylic acids is 1. The number of amides is 1. The number of hydrogen-bond acceptors (Lipinski definition) is 14. The van der Waals surface area contributed by atoms with Crippen molar-refractivity contribution < 1.29 is 53.6 Å². The van der Waals surface area contributed by atoms with Crippen molar-refractivity contribution in [3.63, 3.8) is 0 Å². The van der Waals surface area contributed by atoms with Crippen LogP contribution < -0.4 is 9.47 Å². The highest BCUT2D eigenvalue weighted by molar-refractivity contribution is 6.03. The minimum Gasteiger partial charge on any atom is -0.492 e. The van der Waals surface area contributed by atoms with E-state index in [1.54, 1.807) is 29.2 Å². The van der Waals surface area contributed by atoms with Crippen LogP contribution in [0.15, 0.2) is 78.0 Å². The van der Waals surface area contributed by atoms with E-state index in [0.717, 1.165) is 75.0 Å². The number of oxime groups is 1. The smallest absolute Gasteiger partial charge is 0.269 e. The number of nitro benzene ring substituents is 1. The minimum atomic E-state index is -1.50. The summed E-state index contributed by atoms with van der Waals surface area (Å²) < 4.78 is 32.6. The zero-order chi connectivity index (χ0) is 45.6. The molecule has 16 nitrogen and oxygen atoms in total. The highest BCUT2D eigenvalue weighted by atomic mass is 16.8. The van der Waals surface area contributed by atoms with E-state index >= 15 is 0 Å². The molecule has 1 amide bonds. The molecule has 65 heavy (non-hydrogen) atoms. The number of fused-ring (bicyclic) bond motifs is 2. The molecule has 3 N–H and O–H groups in total. The predicted molar refractivity (Wildman–Crippen MR) is 243 cm³/mol. The van der Waals surface area contributed by atoms with Crippen LogP contribution in [-0.4, -0.2) is 139 Å². The SMILES string of the molecule is C=CCOC12Oc3ccc(OCCN4CC4)cc3C3C(CCCCO)C(CCCCO)C=C(C(=NOC4CCCCO4)CC1N(CCOCCO)C(=O)C=Cc1ccc([N+](=O)[O-])cc1)C32. The molecule has 0 aromatic heterocycles. The molecule has 2 saturated heterocycles. The molecule has 3 fully saturated rings. The average molecular weight is 903 g/mol. The zero-order valence-corrected chi connectivity index (χ0v) is 37.4. The molecule has 3 heterocycles. The molecule has 7 atom stereocenters. The Hall–Kier alpha value is -4.68. The first-order chi connectivity index (χ1) is 31.8. The third-order valence-corrected chi connectivity index (χ3v) is 13.2. The van der Waals surface area contributed by atoms with Crippen LogP contribution in [0.4, 0.5) is 5.69 Å². The lowest BCUT2D eigenvalue weighted by Gasteiger charge is -2.60. The van der Waals surface area contributed by atoms with Gasteiger partial charge in [-0.05, 0) is 97.9 Å². The van der Waals surface area contributed by atoms with Gasteiger partial charge < -0.3 is 48.7 Å². The highest BCUT2D eigenvalue weighted by Gasteiger charge is 2.65. The fourth-order valence-electron chi connectivity index (χ4n) is 9.96. The van der Waals surface area contributed by atoms with Gasteiger partial charge >= 0.3 is 0 Å². The number of ether oxygens (including phenoxy) is 5. The number of aliphatic hydroxyl groups is 3. The fourth-order valence-corrected chi connectivity index (χ4v) is 9.96. The Morgan fingerprint density at radius 1 is 1.02 bits per heavy atom. The summed E-state index contributed by atoms with van der Waals surface area (Å²) in [5.74, 6) is -1.25. The van der Waals surface area contributed by atoms with Crippen molar-refractivity contribution in [2.75, 3.05) is 79.0 Å². The number of non-ortho nitro benzene ring substituents is 1. The number of hydrogen-bond donors (Lipinski definition) is 3. The van der Waals surface area contributed by atoms with Crippen molar-refractivity contribution in [2.24, 2.45) is 22.9 Å². The third-order valence-electron chi connectivity index (χ3n) is 13.2. The number of unbranched alkanes of at least 4 members (excludes halogenated alkanes) is 2. The summed E-state index contributed by atoms with van der Waals surface area (Å²) in [4.78, 5) is 36.1. The molecule has 0 bridgehead atoms. The van der Waals surface area contributed by atoms with Crippen molar-refractivity contribution in [1.82, 2.24) is 9.80 Å². The maximum Gasteiger partial charge on any atom is 0.269 e. The van der Waals surface area contributed by atoms with Crippen molar-refractivity contribution in [1.29, 1.82) is 0 Å². The molecule has 2 aromatic carbocycles. The maximum absolute atomic E-state index is 14.9. The van der Waals surface area contributed by atoms with Gasteiger partial charge in [0.1, 0.15) is 24.1 Å². The van der Waals surface area contributed by atoms with E-state index in [2.05, 4.69) is 23.6 Å². The topological polar surface area (TPSA) is 195 Å². The van der Waals surface area contributed by atoms with Crippen LogP contribution in [0, 0.1) is 27.9 Å². The number of aliphatic hydroxyl groups excluding tert-OH is 3. The van der Waals surface area contributed by atoms with Gasteiger partial charge in [-0.1, -0.05) is 30.1 Å². The van der Waals surface area contributed by atoms with E-state index < -0.39 is 29.0 Å². The first-order valence-corrected chi connectivity index (χ1v) is 23.4. The van der Waals surface area contributed by atoms with Crippen LogP contribution in [-0.2, 0) is 23.8 Å². The number of rotatable bonds is 26. The van der Waals surface area contributed by atoms with E-state index in [9.17, 15) is 30.2 Å². The standard InChI is InChI=1S/C49H66N4O12/c1-2-27-63-49-44(52(23-29-60-31-26-56)45(57)19-14-35-12-15-37(16-13-35)53(58)59)34-42(50-65-46-11-5-8-28-62-46)40-32-36(9-3-6-24-54)39(10-4-7-25-55)47(48(40)49)41-33-38(17-18-43(41)64-49)61-30-22-51-20-21-51/h2,12-19,32-33,36,39,44,46-48,54-56H,1,3-11,20-31,34H2. The van der Waals surface area contributed by atoms with Gasteiger partial charge in [-0.25, -0.2) is 0 Å². The molecule has 0 spiro atoms. The number of nitro groups is 1. The molecule has 7 rings (SSSR count). The van der Waals surface area contributed by atoms with Gasteiger partial charge in [-0.2, -0.15) is 0 Å². The second-order valence-electron chi connectivity index (χ2n) is 17.4. The summed E-state index contributed by atoms with van der Waals surface area (Å²) in [5.41, 5.74) is 3.04. The van der Waals surface area contributed by atoms with E-state index in [4.69, 9.17) is 33.7 Å². The minimum absolute atomic E-state index is 0.0258. The van der Waals surface area contributed by atoms with Gasteiger partial charge in [0, 0.05) is 81.9 Å². The van der Waals surface area contributed by atoms with Gasteiger partial charge in [0.25, 0.3) is 5.69 Å². The predicted octanol–water partition coefficient (Wildman–Crippen LogP) is 6.00. The van der Waals surface area contributed by atoms with Crippen molar-refractivity contribution in [3.8, 4) is 11.5 Å². The quantitative estimate of drug-likeness (QED) is 0.0249. The average Bonchev–Trinajstić information content (AvgIpc) is 4.16. The molecule has 2 aromatic rings. The summed E-state index contributed by atoms with van der Waals surface area (Å²) >= 11 is 0. The summed E-state index contributed by atoms with van der Waals surface area (Å²) in [6, 6.07) is 11.1. The summed E-state index contributed by atoms with van der Waals surface area (Å²) in [6.07, 6.45) is 13.7. The maximum atomic E-state index is 14.9. The molecule has 3 aliphatic heterocycles. The summed E-state index contributed by atoms with van der Waals surface area (Å²) in [5, 5.41) is 45.9. The van der Waals surface area contributed by atoms with Crippen molar-refractivity contribution in [3.05, 3.63) is 94.1 Å². The van der Waals surface area contributed by atoms with Gasteiger partial charge in [-0.15, -0.1) is 6.58 Å². The Labute approximate surface area is 381 Å². The van der Waals surface area contributed by atoms with Crippen LogP contribution >= 0.6 is 0 Å². The van der Waals surface area contributed by atoms with Crippen LogP contribution in [0.25, 0.3) is 6.08 Å². The summed E-state index contributed by atoms with van der Waals surface area (Å²) in [6.45, 7) is 8.42. The lowest BCUT2D eigenvalue weighted by Crippen LogP contribution is -2.70. The number of nitrogens with zero attached hydrogens (tertiary/aromatic N) is 4. The van der Waals surface area contributed by atoms with E-state index in [-0.39, 0.29) is 82.0 Å². The molecular weight excluding hydrogens is 837 g/mol. The first-order valence-electron chi connectivity index (χ1n) is 23.4. The van der Waals surface area contributed by atoms with Gasteiger partial charge in [-0.3, -0.25) is 19.8 Å². The van der Waals surface area contributed by atoms with Gasteiger partial charge in [0.05, 0.1) is 49.6 Å². The first kappa shape index (κ1) is 48.3. The van der Waals surface area contributed by atoms with E-state index in [0.29, 0.717) is 49.5 Å². The Morgan fingerprint density at radius 3 is 2.52 bits per heavy atom. The lowest BCUT2D eigenvalue weighted by molar-refractivity contribution is -0.384. The highest BCUT2D eigenvalue weighted by Crippen LogP contribution is 2.62. The lowest BCUT2D eigenvalue weighted by atomic mass is 9.55. The molecule has 1 saturated carbocycles. The molecule has 5 aliphatic rings.